The van der Waals surface area contributed by atoms with E-state index in [1.165, 1.54) is 31.4 Å². The van der Waals surface area contributed by atoms with Crippen LogP contribution in [0.3, 0.4) is 0 Å². The van der Waals surface area contributed by atoms with E-state index >= 15 is 0 Å². The third-order valence-electron chi connectivity index (χ3n) is 8.16. The minimum absolute atomic E-state index is 0.00983. The van der Waals surface area contributed by atoms with Crippen molar-refractivity contribution < 1.29 is 14.9 Å². The first-order valence-corrected chi connectivity index (χ1v) is 11.0. The molecule has 0 saturated heterocycles. The zero-order chi connectivity index (χ0) is 19.5. The molecular weight excluding hydrogens is 350 g/mol. The van der Waals surface area contributed by atoms with Crippen molar-refractivity contribution in [2.24, 2.45) is 11.3 Å². The first-order chi connectivity index (χ1) is 13.4. The molecule has 4 heteroatoms. The monoisotopic (exact) mass is 383 g/mol. The number of ether oxygens (including phenoxy) is 1. The van der Waals surface area contributed by atoms with Crippen molar-refractivity contribution in [2.75, 3.05) is 13.1 Å². The molecule has 6 aliphatic rings. The molecule has 0 radical (unpaired) electrons. The number of hydrogen-bond donors (Lipinski definition) is 2. The number of benzene rings is 1. The summed E-state index contributed by atoms with van der Waals surface area (Å²) in [6.45, 7) is 8.45. The van der Waals surface area contributed by atoms with Gasteiger partial charge < -0.3 is 14.9 Å². The summed E-state index contributed by atoms with van der Waals surface area (Å²) in [5.74, 6) is 0.960. The highest BCUT2D eigenvalue weighted by Crippen LogP contribution is 2.67. The molecule has 0 aromatic heterocycles. The molecule has 2 heterocycles. The Hall–Kier alpha value is -1.68. The van der Waals surface area contributed by atoms with Crippen LogP contribution in [0.25, 0.3) is 0 Å². The molecule has 2 atom stereocenters. The van der Waals surface area contributed by atoms with E-state index in [4.69, 9.17) is 4.74 Å². The summed E-state index contributed by atoms with van der Waals surface area (Å²) in [4.78, 5) is 2.73. The predicted octanol–water partition coefficient (Wildman–Crippen LogP) is 4.49. The van der Waals surface area contributed by atoms with E-state index in [9.17, 15) is 10.2 Å². The van der Waals surface area contributed by atoms with Gasteiger partial charge in [-0.2, -0.15) is 0 Å². The maximum atomic E-state index is 10.9. The third kappa shape index (κ3) is 2.75. The summed E-state index contributed by atoms with van der Waals surface area (Å²) >= 11 is 0. The Morgan fingerprint density at radius 2 is 2.04 bits per heavy atom. The second kappa shape index (κ2) is 6.41. The molecule has 152 valence electrons. The van der Waals surface area contributed by atoms with E-state index in [0.717, 1.165) is 50.1 Å². The van der Waals surface area contributed by atoms with Crippen LogP contribution < -0.4 is 0 Å². The molecule has 2 aliphatic heterocycles. The number of phenols is 2. The quantitative estimate of drug-likeness (QED) is 0.594. The molecule has 4 saturated carbocycles. The lowest BCUT2D eigenvalue weighted by molar-refractivity contribution is -0.120. The normalized spacial score (nSPS) is 37.5. The second-order valence-corrected chi connectivity index (χ2v) is 10.2. The number of hydrogen-bond acceptors (Lipinski definition) is 4. The maximum Gasteiger partial charge on any atom is 0.161 e. The first kappa shape index (κ1) is 18.4. The van der Waals surface area contributed by atoms with Crippen LogP contribution in [0.4, 0.5) is 0 Å². The van der Waals surface area contributed by atoms with Crippen LogP contribution in [0.2, 0.25) is 0 Å². The molecule has 28 heavy (non-hydrogen) atoms. The van der Waals surface area contributed by atoms with Gasteiger partial charge in [0.1, 0.15) is 0 Å². The zero-order valence-electron chi connectivity index (χ0n) is 17.0. The molecule has 1 unspecified atom stereocenters. The lowest BCUT2D eigenvalue weighted by Gasteiger charge is -2.64. The molecule has 2 N–H and O–H groups in total. The van der Waals surface area contributed by atoms with E-state index in [1.807, 2.05) is 6.07 Å². The van der Waals surface area contributed by atoms with Gasteiger partial charge in [0.2, 0.25) is 0 Å². The topological polar surface area (TPSA) is 52.9 Å². The van der Waals surface area contributed by atoms with Crippen LogP contribution >= 0.6 is 0 Å². The Morgan fingerprint density at radius 1 is 1.25 bits per heavy atom. The molecule has 1 aromatic carbocycles. The number of rotatable bonds is 4. The van der Waals surface area contributed by atoms with Crippen LogP contribution in [0, 0.1) is 11.3 Å². The summed E-state index contributed by atoms with van der Waals surface area (Å²) in [5, 5.41) is 21.2. The zero-order valence-corrected chi connectivity index (χ0v) is 17.0. The van der Waals surface area contributed by atoms with Gasteiger partial charge in [-0.05, 0) is 74.8 Å². The molecule has 4 aliphatic carbocycles. The van der Waals surface area contributed by atoms with Gasteiger partial charge in [0, 0.05) is 30.1 Å². The van der Waals surface area contributed by atoms with Gasteiger partial charge in [-0.15, -0.1) is 0 Å². The highest BCUT2D eigenvalue weighted by molar-refractivity contribution is 5.55. The molecule has 4 nitrogen and oxygen atoms in total. The lowest BCUT2D eigenvalue weighted by atomic mass is 9.42. The van der Waals surface area contributed by atoms with E-state index in [2.05, 4.69) is 18.4 Å². The van der Waals surface area contributed by atoms with Crippen LogP contribution in [0.5, 0.6) is 11.5 Å². The average Bonchev–Trinajstić information content (AvgIpc) is 2.63. The van der Waals surface area contributed by atoms with E-state index in [-0.39, 0.29) is 28.4 Å². The molecular formula is C24H33NO3. The summed E-state index contributed by atoms with van der Waals surface area (Å²) in [6, 6.07) is 4.15. The highest BCUT2D eigenvalue weighted by atomic mass is 16.5. The van der Waals surface area contributed by atoms with Crippen LogP contribution in [0.1, 0.15) is 63.0 Å². The summed E-state index contributed by atoms with van der Waals surface area (Å²) < 4.78 is 5.91. The van der Waals surface area contributed by atoms with Gasteiger partial charge in [0.25, 0.3) is 0 Å². The highest BCUT2D eigenvalue weighted by Gasteiger charge is 2.63. The molecule has 4 fully saturated rings. The van der Waals surface area contributed by atoms with Gasteiger partial charge in [-0.1, -0.05) is 19.1 Å². The molecule has 0 amide bonds. The maximum absolute atomic E-state index is 10.9. The Bertz CT molecular complexity index is 778. The second-order valence-electron chi connectivity index (χ2n) is 10.2. The molecule has 1 aromatic rings. The molecule has 2 bridgehead atoms. The SMILES string of the molecule is C=CO[C@H]1CC23CN(CC4CCC4)C(C)Cc4ccc(O)c(O)c4C(C1)(C2)C3. The average molecular weight is 384 g/mol. The van der Waals surface area contributed by atoms with Crippen molar-refractivity contribution in [1.29, 1.82) is 0 Å². The fourth-order valence-electron chi connectivity index (χ4n) is 7.02. The van der Waals surface area contributed by atoms with Crippen molar-refractivity contribution in [3.63, 3.8) is 0 Å². The number of aromatic hydroxyl groups is 2. The van der Waals surface area contributed by atoms with Gasteiger partial charge in [0.15, 0.2) is 11.5 Å². The Labute approximate surface area is 168 Å². The van der Waals surface area contributed by atoms with Crippen LogP contribution in [-0.2, 0) is 16.6 Å². The van der Waals surface area contributed by atoms with Crippen molar-refractivity contribution >= 4 is 0 Å². The van der Waals surface area contributed by atoms with Crippen molar-refractivity contribution in [1.82, 2.24) is 4.90 Å². The standard InChI is InChI=1S/C24H33NO3/c1-3-28-19-10-23-13-24(11-19,14-23)21-18(7-8-20(26)22(21)27)9-16(2)25(15-23)12-17-5-4-6-17/h3,7-8,16-17,19,26-27H,1,4-6,9-15H2,2H3/t16?,19-,23?,24?/m0/s1. The van der Waals surface area contributed by atoms with Crippen molar-refractivity contribution in [2.45, 2.75) is 75.9 Å². The van der Waals surface area contributed by atoms with Gasteiger partial charge in [-0.25, -0.2) is 0 Å². The predicted molar refractivity (Wildman–Crippen MR) is 110 cm³/mol. The molecule has 0 spiro atoms. The van der Waals surface area contributed by atoms with Crippen LogP contribution in [0.15, 0.2) is 25.0 Å². The van der Waals surface area contributed by atoms with E-state index in [1.54, 1.807) is 12.3 Å². The Morgan fingerprint density at radius 3 is 2.71 bits per heavy atom. The summed E-state index contributed by atoms with van der Waals surface area (Å²) in [5.41, 5.74) is 2.38. The largest absolute Gasteiger partial charge is 0.504 e. The smallest absolute Gasteiger partial charge is 0.161 e. The third-order valence-corrected chi connectivity index (χ3v) is 8.16. The van der Waals surface area contributed by atoms with E-state index in [0.29, 0.717) is 6.04 Å². The van der Waals surface area contributed by atoms with Crippen molar-refractivity contribution in [3.05, 3.63) is 36.1 Å². The van der Waals surface area contributed by atoms with Crippen molar-refractivity contribution in [3.8, 4) is 11.5 Å². The molecule has 7 rings (SSSR count). The van der Waals surface area contributed by atoms with Gasteiger partial charge >= 0.3 is 0 Å². The Kier molecular flexibility index (Phi) is 4.20. The number of phenolic OH excluding ortho intramolecular Hbond substituents is 2. The fraction of sp³-hybridized carbons (Fsp3) is 0.667. The fourth-order valence-corrected chi connectivity index (χ4v) is 7.02. The lowest BCUT2D eigenvalue weighted by Crippen LogP contribution is -2.61. The van der Waals surface area contributed by atoms with Gasteiger partial charge in [-0.3, -0.25) is 4.90 Å². The first-order valence-electron chi connectivity index (χ1n) is 11.0. The minimum atomic E-state index is -0.0731. The number of fused-ring (bicyclic) bond motifs is 5. The summed E-state index contributed by atoms with van der Waals surface area (Å²) in [7, 11) is 0. The van der Waals surface area contributed by atoms with E-state index < -0.39 is 0 Å². The minimum Gasteiger partial charge on any atom is -0.504 e. The number of nitrogens with zero attached hydrogens (tertiary/aromatic N) is 1. The van der Waals surface area contributed by atoms with Crippen LogP contribution in [-0.4, -0.2) is 40.3 Å². The Balaban J connectivity index is 1.57. The summed E-state index contributed by atoms with van der Waals surface area (Å²) in [6.07, 6.45) is 10.9. The van der Waals surface area contributed by atoms with Gasteiger partial charge in [0.05, 0.1) is 12.4 Å².